The molecule has 1 atom stereocenters. The van der Waals surface area contributed by atoms with Crippen LogP contribution in [0, 0.1) is 0 Å². The lowest BCUT2D eigenvalue weighted by atomic mass is 9.94. The van der Waals surface area contributed by atoms with Crippen molar-refractivity contribution in [1.29, 1.82) is 0 Å². The lowest BCUT2D eigenvalue weighted by Crippen LogP contribution is -2.64. The third-order valence-electron chi connectivity index (χ3n) is 5.80. The van der Waals surface area contributed by atoms with Crippen molar-refractivity contribution in [3.05, 3.63) is 76.5 Å². The smallest absolute Gasteiger partial charge is 0.358 e. The average molecular weight is 485 g/mol. The number of amides is 2. The third kappa shape index (κ3) is 4.70. The lowest BCUT2D eigenvalue weighted by molar-refractivity contribution is -0.133. The van der Waals surface area contributed by atoms with Crippen molar-refractivity contribution in [3.63, 3.8) is 0 Å². The number of carbonyl (C=O) groups is 3. The fraction of sp³-hybridized carbons (Fsp3) is 0.333. The fourth-order valence-corrected chi connectivity index (χ4v) is 4.07. The van der Waals surface area contributed by atoms with E-state index in [-0.39, 0.29) is 43.5 Å². The molecule has 3 heterocycles. The zero-order valence-corrected chi connectivity index (χ0v) is 19.7. The monoisotopic (exact) mass is 484 g/mol. The second kappa shape index (κ2) is 9.72. The minimum atomic E-state index is -1.25. The molecule has 1 aliphatic heterocycles. The fourth-order valence-electron chi connectivity index (χ4n) is 3.95. The molecule has 10 heteroatoms. The normalized spacial score (nSPS) is 17.4. The summed E-state index contributed by atoms with van der Waals surface area (Å²) in [6.45, 7) is 4.17. The molecule has 0 fully saturated rings. The topological polar surface area (TPSA) is 107 Å². The van der Waals surface area contributed by atoms with E-state index in [9.17, 15) is 14.4 Å². The largest absolute Gasteiger partial charge is 0.469 e. The van der Waals surface area contributed by atoms with E-state index >= 15 is 0 Å². The Balaban J connectivity index is 1.61. The van der Waals surface area contributed by atoms with E-state index in [0.29, 0.717) is 17.2 Å². The van der Waals surface area contributed by atoms with Gasteiger partial charge in [0.05, 0.1) is 19.4 Å². The summed E-state index contributed by atoms with van der Waals surface area (Å²) in [5.41, 5.74) is -0.122. The Hall–Kier alpha value is -3.59. The molecular formula is C24H25ClN4O5. The van der Waals surface area contributed by atoms with Gasteiger partial charge in [0.1, 0.15) is 17.0 Å². The van der Waals surface area contributed by atoms with Crippen LogP contribution in [0.3, 0.4) is 0 Å². The highest BCUT2D eigenvalue weighted by Crippen LogP contribution is 2.28. The molecule has 0 saturated heterocycles. The number of hydrogen-bond donors (Lipinski definition) is 1. The molecule has 0 unspecified atom stereocenters. The van der Waals surface area contributed by atoms with E-state index in [0.717, 1.165) is 5.56 Å². The molecule has 2 aromatic heterocycles. The highest BCUT2D eigenvalue weighted by molar-refractivity contribution is 6.30. The Morgan fingerprint density at radius 2 is 2.03 bits per heavy atom. The molecule has 1 aliphatic rings. The molecule has 0 bridgehead atoms. The van der Waals surface area contributed by atoms with E-state index in [1.165, 1.54) is 15.6 Å². The summed E-state index contributed by atoms with van der Waals surface area (Å²) in [7, 11) is 0. The minimum absolute atomic E-state index is 0.0296. The van der Waals surface area contributed by atoms with E-state index < -0.39 is 17.4 Å². The quantitative estimate of drug-likeness (QED) is 0.492. The predicted octanol–water partition coefficient (Wildman–Crippen LogP) is 3.08. The Kier molecular flexibility index (Phi) is 6.74. The van der Waals surface area contributed by atoms with Crippen LogP contribution < -0.4 is 5.32 Å². The summed E-state index contributed by atoms with van der Waals surface area (Å²) in [4.78, 5) is 40.6. The molecule has 178 valence electrons. The van der Waals surface area contributed by atoms with Gasteiger partial charge in [-0.15, -0.1) is 0 Å². The van der Waals surface area contributed by atoms with Crippen LogP contribution in [0.25, 0.3) is 0 Å². The van der Waals surface area contributed by atoms with Gasteiger partial charge in [-0.05, 0) is 43.7 Å². The highest BCUT2D eigenvalue weighted by atomic mass is 35.5. The predicted molar refractivity (Wildman–Crippen MR) is 123 cm³/mol. The summed E-state index contributed by atoms with van der Waals surface area (Å²) in [6, 6.07) is 12.1. The Morgan fingerprint density at radius 3 is 2.71 bits per heavy atom. The SMILES string of the molecule is CCOC(=O)c1cc2n(n1)C[C@](C)(C(=O)NCc1ccc(Cl)cc1)N(CCc1ccco1)C2=O. The van der Waals surface area contributed by atoms with Gasteiger partial charge >= 0.3 is 5.97 Å². The van der Waals surface area contributed by atoms with Gasteiger partial charge in [0.2, 0.25) is 5.91 Å². The van der Waals surface area contributed by atoms with Crippen LogP contribution in [-0.2, 0) is 29.0 Å². The van der Waals surface area contributed by atoms with Crippen molar-refractivity contribution >= 4 is 29.4 Å². The first-order valence-electron chi connectivity index (χ1n) is 10.9. The van der Waals surface area contributed by atoms with Crippen LogP contribution in [-0.4, -0.2) is 51.2 Å². The number of nitrogens with one attached hydrogen (secondary N) is 1. The maximum absolute atomic E-state index is 13.5. The maximum Gasteiger partial charge on any atom is 0.358 e. The molecule has 0 aliphatic carbocycles. The number of ether oxygens (including phenoxy) is 1. The van der Waals surface area contributed by atoms with Crippen molar-refractivity contribution in [2.45, 2.75) is 38.9 Å². The Bertz CT molecular complexity index is 1190. The number of fused-ring (bicyclic) bond motifs is 1. The zero-order chi connectivity index (χ0) is 24.3. The number of nitrogens with zero attached hydrogens (tertiary/aromatic N) is 3. The molecule has 9 nitrogen and oxygen atoms in total. The molecule has 3 aromatic rings. The molecule has 0 spiro atoms. The number of furan rings is 1. The molecule has 0 radical (unpaired) electrons. The van der Waals surface area contributed by atoms with Crippen LogP contribution in [0.4, 0.5) is 0 Å². The first kappa shape index (κ1) is 23.6. The van der Waals surface area contributed by atoms with E-state index in [1.54, 1.807) is 38.3 Å². The van der Waals surface area contributed by atoms with Crippen LogP contribution in [0.1, 0.15) is 46.1 Å². The van der Waals surface area contributed by atoms with Gasteiger partial charge in [0.25, 0.3) is 5.91 Å². The second-order valence-corrected chi connectivity index (χ2v) is 8.60. The van der Waals surface area contributed by atoms with Gasteiger partial charge in [-0.1, -0.05) is 23.7 Å². The molecule has 2 amide bonds. The number of carbonyl (C=O) groups excluding carboxylic acids is 3. The number of halogens is 1. The molecular weight excluding hydrogens is 460 g/mol. The van der Waals surface area contributed by atoms with Gasteiger partial charge in [-0.25, -0.2) is 4.79 Å². The summed E-state index contributed by atoms with van der Waals surface area (Å²) in [5, 5.41) is 7.78. The van der Waals surface area contributed by atoms with Gasteiger partial charge in [-0.2, -0.15) is 5.10 Å². The maximum atomic E-state index is 13.5. The standard InChI is InChI=1S/C24H25ClN4O5/c1-3-33-22(31)19-13-20-21(30)28(11-10-18-5-4-12-34-18)24(2,15-29(20)27-19)23(32)26-14-16-6-8-17(25)9-7-16/h4-9,12-13H,3,10-11,14-15H2,1-2H3,(H,26,32)/t24-/m1/s1. The van der Waals surface area contributed by atoms with Crippen molar-refractivity contribution < 1.29 is 23.5 Å². The number of rotatable bonds is 8. The summed E-state index contributed by atoms with van der Waals surface area (Å²) in [6.07, 6.45) is 1.99. The third-order valence-corrected chi connectivity index (χ3v) is 6.05. The Labute approximate surface area is 201 Å². The van der Waals surface area contributed by atoms with Crippen LogP contribution >= 0.6 is 11.6 Å². The van der Waals surface area contributed by atoms with Crippen LogP contribution in [0.15, 0.2) is 53.1 Å². The average Bonchev–Trinajstić information content (AvgIpc) is 3.48. The van der Waals surface area contributed by atoms with Gasteiger partial charge < -0.3 is 19.4 Å². The highest BCUT2D eigenvalue weighted by Gasteiger charge is 2.48. The number of hydrogen-bond acceptors (Lipinski definition) is 6. The van der Waals surface area contributed by atoms with Crippen molar-refractivity contribution in [3.8, 4) is 0 Å². The summed E-state index contributed by atoms with van der Waals surface area (Å²) in [5.74, 6) is -0.657. The van der Waals surface area contributed by atoms with Crippen LogP contribution in [0.2, 0.25) is 5.02 Å². The molecule has 34 heavy (non-hydrogen) atoms. The van der Waals surface area contributed by atoms with Crippen molar-refractivity contribution in [2.24, 2.45) is 0 Å². The first-order valence-corrected chi connectivity index (χ1v) is 11.3. The number of benzene rings is 1. The molecule has 1 N–H and O–H groups in total. The Morgan fingerprint density at radius 1 is 1.26 bits per heavy atom. The van der Waals surface area contributed by atoms with E-state index in [1.807, 2.05) is 18.2 Å². The van der Waals surface area contributed by atoms with Crippen molar-refractivity contribution in [1.82, 2.24) is 20.0 Å². The minimum Gasteiger partial charge on any atom is -0.469 e. The van der Waals surface area contributed by atoms with Gasteiger partial charge in [-0.3, -0.25) is 14.3 Å². The van der Waals surface area contributed by atoms with Gasteiger partial charge in [0.15, 0.2) is 5.69 Å². The van der Waals surface area contributed by atoms with Gasteiger partial charge in [0, 0.05) is 30.6 Å². The first-order chi connectivity index (χ1) is 16.3. The van der Waals surface area contributed by atoms with E-state index in [4.69, 9.17) is 20.8 Å². The summed E-state index contributed by atoms with van der Waals surface area (Å²) < 4.78 is 11.8. The van der Waals surface area contributed by atoms with E-state index in [2.05, 4.69) is 10.4 Å². The zero-order valence-electron chi connectivity index (χ0n) is 18.9. The van der Waals surface area contributed by atoms with Crippen molar-refractivity contribution in [2.75, 3.05) is 13.2 Å². The second-order valence-electron chi connectivity index (χ2n) is 8.16. The summed E-state index contributed by atoms with van der Waals surface area (Å²) >= 11 is 5.94. The number of esters is 1. The van der Waals surface area contributed by atoms with Crippen LogP contribution in [0.5, 0.6) is 0 Å². The lowest BCUT2D eigenvalue weighted by Gasteiger charge is -2.43. The molecule has 1 aromatic carbocycles. The molecule has 4 rings (SSSR count). The number of aromatic nitrogens is 2. The molecule has 0 saturated carbocycles.